The highest BCUT2D eigenvalue weighted by Gasteiger charge is 2.04. The lowest BCUT2D eigenvalue weighted by Gasteiger charge is -2.11. The molecule has 1 aromatic heterocycles. The summed E-state index contributed by atoms with van der Waals surface area (Å²) in [4.78, 5) is 3.94. The molecular weight excluding hydrogens is 254 g/mol. The lowest BCUT2D eigenvalue weighted by molar-refractivity contribution is 0.355. The largest absolute Gasteiger partial charge is 0.493 e. The molecule has 0 aliphatic rings. The number of aromatic nitrogens is 1. The summed E-state index contributed by atoms with van der Waals surface area (Å²) in [6.07, 6.45) is 1.63. The molecule has 0 aliphatic heterocycles. The highest BCUT2D eigenvalue weighted by molar-refractivity contribution is 5.55. The number of nitrogens with one attached hydrogen (secondary N) is 1. The molecule has 0 fully saturated rings. The number of nitrogens with zero attached hydrogens (tertiary/aromatic N) is 2. The molecule has 0 saturated carbocycles. The number of hydrogen-bond acceptors (Lipinski definition) is 5. The van der Waals surface area contributed by atoms with Crippen LogP contribution in [0.25, 0.3) is 0 Å². The minimum atomic E-state index is 0.414. The smallest absolute Gasteiger partial charge is 0.162 e. The summed E-state index contributed by atoms with van der Waals surface area (Å²) in [7, 11) is 3.20. The SMILES string of the molecule is COc1ccc(NCc2ccnc(C#N)c2)cc1OC. The molecule has 0 bridgehead atoms. The van der Waals surface area contributed by atoms with E-state index in [1.807, 2.05) is 30.3 Å². The molecule has 0 aliphatic carbocycles. The minimum absolute atomic E-state index is 0.414. The molecule has 102 valence electrons. The van der Waals surface area contributed by atoms with Gasteiger partial charge >= 0.3 is 0 Å². The second-order valence-electron chi connectivity index (χ2n) is 4.08. The Labute approximate surface area is 117 Å². The zero-order valence-electron chi connectivity index (χ0n) is 11.4. The molecule has 1 aromatic carbocycles. The van der Waals surface area contributed by atoms with Crippen LogP contribution in [0.3, 0.4) is 0 Å². The number of rotatable bonds is 5. The van der Waals surface area contributed by atoms with Gasteiger partial charge < -0.3 is 14.8 Å². The highest BCUT2D eigenvalue weighted by atomic mass is 16.5. The Morgan fingerprint density at radius 2 is 1.95 bits per heavy atom. The monoisotopic (exact) mass is 269 g/mol. The van der Waals surface area contributed by atoms with E-state index in [0.717, 1.165) is 11.3 Å². The Morgan fingerprint density at radius 3 is 2.65 bits per heavy atom. The number of anilines is 1. The molecule has 1 N–H and O–H groups in total. The van der Waals surface area contributed by atoms with Crippen molar-refractivity contribution in [3.05, 3.63) is 47.8 Å². The summed E-state index contributed by atoms with van der Waals surface area (Å²) in [6.45, 7) is 0.604. The Balaban J connectivity index is 2.09. The first-order valence-corrected chi connectivity index (χ1v) is 6.07. The van der Waals surface area contributed by atoms with E-state index in [2.05, 4.69) is 10.3 Å². The molecule has 5 nitrogen and oxygen atoms in total. The van der Waals surface area contributed by atoms with Crippen LogP contribution in [0.15, 0.2) is 36.5 Å². The quantitative estimate of drug-likeness (QED) is 0.903. The molecule has 1 heterocycles. The van der Waals surface area contributed by atoms with E-state index in [0.29, 0.717) is 23.7 Å². The predicted octanol–water partition coefficient (Wildman–Crippen LogP) is 2.58. The second-order valence-corrected chi connectivity index (χ2v) is 4.08. The van der Waals surface area contributed by atoms with Crippen LogP contribution >= 0.6 is 0 Å². The van der Waals surface area contributed by atoms with Crippen molar-refractivity contribution in [3.8, 4) is 17.6 Å². The number of benzene rings is 1. The van der Waals surface area contributed by atoms with Gasteiger partial charge in [-0.25, -0.2) is 4.98 Å². The van der Waals surface area contributed by atoms with Crippen LogP contribution < -0.4 is 14.8 Å². The Kier molecular flexibility index (Phi) is 4.40. The summed E-state index contributed by atoms with van der Waals surface area (Å²) in [5.74, 6) is 1.36. The van der Waals surface area contributed by atoms with Gasteiger partial charge in [0, 0.05) is 24.5 Å². The van der Waals surface area contributed by atoms with Gasteiger partial charge in [0.2, 0.25) is 0 Å². The molecule has 0 atom stereocenters. The van der Waals surface area contributed by atoms with E-state index in [-0.39, 0.29) is 0 Å². The topological polar surface area (TPSA) is 67.2 Å². The van der Waals surface area contributed by atoms with Crippen molar-refractivity contribution in [2.45, 2.75) is 6.54 Å². The minimum Gasteiger partial charge on any atom is -0.493 e. The predicted molar refractivity (Wildman–Crippen MR) is 75.8 cm³/mol. The maximum Gasteiger partial charge on any atom is 0.162 e. The van der Waals surface area contributed by atoms with Gasteiger partial charge in [0.25, 0.3) is 0 Å². The van der Waals surface area contributed by atoms with Gasteiger partial charge in [-0.15, -0.1) is 0 Å². The lowest BCUT2D eigenvalue weighted by Crippen LogP contribution is -2.01. The fraction of sp³-hybridized carbons (Fsp3) is 0.200. The summed E-state index contributed by atoms with van der Waals surface area (Å²) < 4.78 is 10.4. The number of ether oxygens (including phenoxy) is 2. The highest BCUT2D eigenvalue weighted by Crippen LogP contribution is 2.29. The first-order chi connectivity index (χ1) is 9.76. The number of nitriles is 1. The third kappa shape index (κ3) is 3.18. The van der Waals surface area contributed by atoms with Gasteiger partial charge in [-0.3, -0.25) is 0 Å². The van der Waals surface area contributed by atoms with Gasteiger partial charge in [0.05, 0.1) is 14.2 Å². The first-order valence-electron chi connectivity index (χ1n) is 6.07. The zero-order valence-corrected chi connectivity index (χ0v) is 11.4. The van der Waals surface area contributed by atoms with Crippen molar-refractivity contribution < 1.29 is 9.47 Å². The van der Waals surface area contributed by atoms with Crippen molar-refractivity contribution in [1.29, 1.82) is 5.26 Å². The average molecular weight is 269 g/mol. The van der Waals surface area contributed by atoms with Crippen LogP contribution in [-0.4, -0.2) is 19.2 Å². The van der Waals surface area contributed by atoms with Crippen LogP contribution in [0.2, 0.25) is 0 Å². The molecule has 0 spiro atoms. The fourth-order valence-corrected chi connectivity index (χ4v) is 1.80. The van der Waals surface area contributed by atoms with Gasteiger partial charge in [-0.2, -0.15) is 5.26 Å². The van der Waals surface area contributed by atoms with Crippen molar-refractivity contribution >= 4 is 5.69 Å². The molecule has 0 unspecified atom stereocenters. The van der Waals surface area contributed by atoms with Crippen LogP contribution in [0.5, 0.6) is 11.5 Å². The van der Waals surface area contributed by atoms with Crippen LogP contribution in [0, 0.1) is 11.3 Å². The molecule has 5 heteroatoms. The molecule has 0 amide bonds. The maximum absolute atomic E-state index is 8.81. The third-order valence-corrected chi connectivity index (χ3v) is 2.82. The van der Waals surface area contributed by atoms with Crippen LogP contribution in [-0.2, 0) is 6.54 Å². The van der Waals surface area contributed by atoms with Crippen molar-refractivity contribution in [3.63, 3.8) is 0 Å². The lowest BCUT2D eigenvalue weighted by atomic mass is 10.2. The molecular formula is C15H15N3O2. The number of pyridine rings is 1. The Bertz CT molecular complexity index is 635. The van der Waals surface area contributed by atoms with Crippen molar-refractivity contribution in [2.24, 2.45) is 0 Å². The molecule has 0 saturated heterocycles. The Hall–Kier alpha value is -2.74. The van der Waals surface area contributed by atoms with E-state index in [4.69, 9.17) is 14.7 Å². The summed E-state index contributed by atoms with van der Waals surface area (Å²) >= 11 is 0. The van der Waals surface area contributed by atoms with E-state index < -0.39 is 0 Å². The standard InChI is InChI=1S/C15H15N3O2/c1-19-14-4-3-12(8-15(14)20-2)18-10-11-5-6-17-13(7-11)9-16/h3-8,18H,10H2,1-2H3. The van der Waals surface area contributed by atoms with E-state index in [1.54, 1.807) is 26.5 Å². The van der Waals surface area contributed by atoms with E-state index in [1.165, 1.54) is 0 Å². The number of hydrogen-bond donors (Lipinski definition) is 1. The van der Waals surface area contributed by atoms with Gasteiger partial charge in [-0.1, -0.05) is 0 Å². The summed E-state index contributed by atoms with van der Waals surface area (Å²) in [5, 5.41) is 12.1. The molecule has 2 rings (SSSR count). The third-order valence-electron chi connectivity index (χ3n) is 2.82. The van der Waals surface area contributed by atoms with E-state index >= 15 is 0 Å². The molecule has 20 heavy (non-hydrogen) atoms. The zero-order chi connectivity index (χ0) is 14.4. The van der Waals surface area contributed by atoms with Gasteiger partial charge in [0.1, 0.15) is 11.8 Å². The molecule has 0 radical (unpaired) electrons. The normalized spacial score (nSPS) is 9.65. The van der Waals surface area contributed by atoms with Crippen molar-refractivity contribution in [2.75, 3.05) is 19.5 Å². The average Bonchev–Trinajstić information content (AvgIpc) is 2.52. The van der Waals surface area contributed by atoms with Gasteiger partial charge in [0.15, 0.2) is 11.5 Å². The summed E-state index contributed by atoms with van der Waals surface area (Å²) in [5.41, 5.74) is 2.32. The van der Waals surface area contributed by atoms with Crippen molar-refractivity contribution in [1.82, 2.24) is 4.98 Å². The summed E-state index contributed by atoms with van der Waals surface area (Å²) in [6, 6.07) is 11.3. The van der Waals surface area contributed by atoms with E-state index in [9.17, 15) is 0 Å². The molecule has 2 aromatic rings. The first kappa shape index (κ1) is 13.7. The van der Waals surface area contributed by atoms with Crippen LogP contribution in [0.4, 0.5) is 5.69 Å². The van der Waals surface area contributed by atoms with Crippen LogP contribution in [0.1, 0.15) is 11.3 Å². The maximum atomic E-state index is 8.81. The Morgan fingerprint density at radius 1 is 1.15 bits per heavy atom. The second kappa shape index (κ2) is 6.43. The number of methoxy groups -OCH3 is 2. The van der Waals surface area contributed by atoms with Gasteiger partial charge in [-0.05, 0) is 29.8 Å². The fourth-order valence-electron chi connectivity index (χ4n) is 1.80.